The van der Waals surface area contributed by atoms with Crippen LogP contribution in [0.2, 0.25) is 0 Å². The van der Waals surface area contributed by atoms with Gasteiger partial charge in [-0.05, 0) is 13.8 Å². The Kier molecular flexibility index (Phi) is 4.35. The Bertz CT molecular complexity index is 777. The lowest BCUT2D eigenvalue weighted by atomic mass is 10.3. The molecular weight excluding hydrogens is 292 g/mol. The third-order valence-electron chi connectivity index (χ3n) is 2.85. The molecule has 0 saturated heterocycles. The summed E-state index contributed by atoms with van der Waals surface area (Å²) in [5, 5.41) is 6.10. The lowest BCUT2D eigenvalue weighted by Gasteiger charge is -2.09. The fourth-order valence-corrected chi connectivity index (χ4v) is 1.76. The summed E-state index contributed by atoms with van der Waals surface area (Å²) >= 11 is 0. The summed E-state index contributed by atoms with van der Waals surface area (Å²) in [6.45, 7) is 2.92. The van der Waals surface area contributed by atoms with E-state index in [0.29, 0.717) is 11.6 Å². The highest BCUT2D eigenvalue weighted by Gasteiger charge is 2.17. The van der Waals surface area contributed by atoms with Crippen LogP contribution in [-0.4, -0.2) is 33.7 Å². The van der Waals surface area contributed by atoms with Crippen molar-refractivity contribution in [3.63, 3.8) is 0 Å². The van der Waals surface area contributed by atoms with Gasteiger partial charge in [0.15, 0.2) is 5.82 Å². The highest BCUT2D eigenvalue weighted by atomic mass is 16.5. The maximum absolute atomic E-state index is 12.2. The van der Waals surface area contributed by atoms with Crippen molar-refractivity contribution >= 4 is 17.7 Å². The van der Waals surface area contributed by atoms with Crippen molar-refractivity contribution in [1.29, 1.82) is 0 Å². The van der Waals surface area contributed by atoms with Crippen LogP contribution in [0.3, 0.4) is 0 Å². The largest absolute Gasteiger partial charge is 0.465 e. The van der Waals surface area contributed by atoms with Crippen LogP contribution < -0.4 is 10.9 Å². The molecular formula is C13H14N4O5. The van der Waals surface area contributed by atoms with Crippen LogP contribution in [0.4, 0.5) is 5.82 Å². The number of carbonyl (C=O) groups excluding carboxylic acids is 2. The first-order valence-corrected chi connectivity index (χ1v) is 6.30. The van der Waals surface area contributed by atoms with Crippen molar-refractivity contribution in [2.45, 2.75) is 20.4 Å². The average Bonchev–Trinajstić information content (AvgIpc) is 2.88. The second kappa shape index (κ2) is 6.20. The lowest BCUT2D eigenvalue weighted by molar-refractivity contribution is -0.116. The predicted molar refractivity (Wildman–Crippen MR) is 74.4 cm³/mol. The van der Waals surface area contributed by atoms with Crippen LogP contribution in [0.1, 0.15) is 21.9 Å². The van der Waals surface area contributed by atoms with Gasteiger partial charge in [-0.25, -0.2) is 9.78 Å². The molecule has 2 aromatic heterocycles. The number of amides is 1. The molecule has 2 aromatic rings. The minimum atomic E-state index is -0.807. The van der Waals surface area contributed by atoms with E-state index < -0.39 is 17.4 Å². The maximum Gasteiger partial charge on any atom is 0.345 e. The normalized spacial score (nSPS) is 10.3. The van der Waals surface area contributed by atoms with E-state index >= 15 is 0 Å². The van der Waals surface area contributed by atoms with E-state index in [2.05, 4.69) is 20.2 Å². The first kappa shape index (κ1) is 15.4. The van der Waals surface area contributed by atoms with E-state index in [1.54, 1.807) is 13.8 Å². The third-order valence-corrected chi connectivity index (χ3v) is 2.85. The minimum Gasteiger partial charge on any atom is -0.465 e. The molecule has 0 spiro atoms. The summed E-state index contributed by atoms with van der Waals surface area (Å²) in [6.07, 6.45) is 1.12. The molecule has 9 heteroatoms. The third kappa shape index (κ3) is 3.19. The number of carbonyl (C=O) groups is 2. The van der Waals surface area contributed by atoms with E-state index in [-0.39, 0.29) is 17.9 Å². The predicted octanol–water partition coefficient (Wildman–Crippen LogP) is 0.273. The van der Waals surface area contributed by atoms with Gasteiger partial charge in [0.1, 0.15) is 23.7 Å². The van der Waals surface area contributed by atoms with Gasteiger partial charge in [-0.2, -0.15) is 0 Å². The number of rotatable bonds is 4. The number of hydrogen-bond donors (Lipinski definition) is 1. The molecule has 9 nitrogen and oxygen atoms in total. The Hall–Kier alpha value is -2.97. The molecule has 2 heterocycles. The first-order chi connectivity index (χ1) is 10.4. The van der Waals surface area contributed by atoms with Crippen molar-refractivity contribution in [3.8, 4) is 0 Å². The monoisotopic (exact) mass is 306 g/mol. The second-order valence-corrected chi connectivity index (χ2v) is 4.47. The number of hydrogen-bond acceptors (Lipinski definition) is 7. The van der Waals surface area contributed by atoms with Crippen LogP contribution in [0, 0.1) is 13.8 Å². The van der Waals surface area contributed by atoms with E-state index in [1.807, 2.05) is 0 Å². The summed E-state index contributed by atoms with van der Waals surface area (Å²) in [7, 11) is 1.16. The molecule has 0 saturated carbocycles. The molecule has 0 aliphatic heterocycles. The Morgan fingerprint density at radius 3 is 2.73 bits per heavy atom. The van der Waals surface area contributed by atoms with Crippen LogP contribution in [0.15, 0.2) is 21.6 Å². The molecule has 0 fully saturated rings. The molecule has 1 amide bonds. The van der Waals surface area contributed by atoms with Crippen molar-refractivity contribution < 1.29 is 18.8 Å². The number of nitrogens with one attached hydrogen (secondary N) is 1. The van der Waals surface area contributed by atoms with Gasteiger partial charge in [-0.1, -0.05) is 5.16 Å². The van der Waals surface area contributed by atoms with Gasteiger partial charge in [-0.15, -0.1) is 0 Å². The van der Waals surface area contributed by atoms with Crippen molar-refractivity contribution in [1.82, 2.24) is 14.7 Å². The van der Waals surface area contributed by atoms with Crippen LogP contribution in [-0.2, 0) is 16.1 Å². The molecule has 0 aliphatic rings. The molecule has 0 aromatic carbocycles. The molecule has 0 bridgehead atoms. The number of nitrogens with zero attached hydrogens (tertiary/aromatic N) is 3. The van der Waals surface area contributed by atoms with E-state index in [1.165, 1.54) is 6.07 Å². The van der Waals surface area contributed by atoms with E-state index in [9.17, 15) is 14.4 Å². The Morgan fingerprint density at radius 2 is 2.14 bits per heavy atom. The number of aryl methyl sites for hydroxylation is 2. The van der Waals surface area contributed by atoms with Crippen LogP contribution in [0.25, 0.3) is 0 Å². The number of ether oxygens (including phenoxy) is 1. The van der Waals surface area contributed by atoms with Gasteiger partial charge < -0.3 is 14.6 Å². The van der Waals surface area contributed by atoms with Gasteiger partial charge in [0.25, 0.3) is 5.56 Å². The number of anilines is 1. The number of esters is 1. The van der Waals surface area contributed by atoms with Crippen LogP contribution >= 0.6 is 0 Å². The smallest absolute Gasteiger partial charge is 0.345 e. The zero-order valence-corrected chi connectivity index (χ0v) is 12.2. The molecule has 0 radical (unpaired) electrons. The SMILES string of the molecule is COC(=O)c1cnc(C)n(CC(=O)Nc2cc(C)on2)c1=O. The fraction of sp³-hybridized carbons (Fsp3) is 0.308. The zero-order valence-electron chi connectivity index (χ0n) is 12.2. The standard InChI is InChI=1S/C13H14N4O5/c1-7-4-10(16-22-7)15-11(18)6-17-8(2)14-5-9(12(17)19)13(20)21-3/h4-5H,6H2,1-3H3,(H,15,16,18). The molecule has 0 aliphatic carbocycles. The van der Waals surface area contributed by atoms with E-state index in [0.717, 1.165) is 17.9 Å². The van der Waals surface area contributed by atoms with E-state index in [4.69, 9.17) is 4.52 Å². The quantitative estimate of drug-likeness (QED) is 0.806. The van der Waals surface area contributed by atoms with Gasteiger partial charge in [-0.3, -0.25) is 14.2 Å². The summed E-state index contributed by atoms with van der Waals surface area (Å²) in [5.41, 5.74) is -0.885. The fourth-order valence-electron chi connectivity index (χ4n) is 1.76. The van der Waals surface area contributed by atoms with Crippen molar-refractivity contribution in [2.75, 3.05) is 12.4 Å². The highest BCUT2D eigenvalue weighted by Crippen LogP contribution is 2.07. The van der Waals surface area contributed by atoms with Crippen molar-refractivity contribution in [3.05, 3.63) is 39.8 Å². The minimum absolute atomic E-state index is 0.238. The van der Waals surface area contributed by atoms with Crippen molar-refractivity contribution in [2.24, 2.45) is 0 Å². The summed E-state index contributed by atoms with van der Waals surface area (Å²) in [5.74, 6) is -0.228. The molecule has 0 atom stereocenters. The summed E-state index contributed by atoms with van der Waals surface area (Å²) in [6, 6.07) is 1.54. The van der Waals surface area contributed by atoms with Gasteiger partial charge in [0.2, 0.25) is 5.91 Å². The average molecular weight is 306 g/mol. The lowest BCUT2D eigenvalue weighted by Crippen LogP contribution is -2.33. The Labute approximate surface area is 124 Å². The topological polar surface area (TPSA) is 116 Å². The highest BCUT2D eigenvalue weighted by molar-refractivity contribution is 5.90. The summed E-state index contributed by atoms with van der Waals surface area (Å²) < 4.78 is 10.4. The second-order valence-electron chi connectivity index (χ2n) is 4.47. The summed E-state index contributed by atoms with van der Waals surface area (Å²) in [4.78, 5) is 39.5. The number of methoxy groups -OCH3 is 1. The van der Waals surface area contributed by atoms with Gasteiger partial charge in [0.05, 0.1) is 7.11 Å². The molecule has 116 valence electrons. The zero-order chi connectivity index (χ0) is 16.3. The number of aromatic nitrogens is 3. The van der Waals surface area contributed by atoms with Crippen LogP contribution in [0.5, 0.6) is 0 Å². The molecule has 0 unspecified atom stereocenters. The molecule has 2 rings (SSSR count). The maximum atomic E-state index is 12.2. The van der Waals surface area contributed by atoms with Gasteiger partial charge in [0, 0.05) is 12.3 Å². The molecule has 22 heavy (non-hydrogen) atoms. The first-order valence-electron chi connectivity index (χ1n) is 6.30. The Balaban J connectivity index is 2.23. The molecule has 1 N–H and O–H groups in total. The Morgan fingerprint density at radius 1 is 1.41 bits per heavy atom. The van der Waals surface area contributed by atoms with Gasteiger partial charge >= 0.3 is 5.97 Å².